The summed E-state index contributed by atoms with van der Waals surface area (Å²) in [5, 5.41) is 12.9. The van der Waals surface area contributed by atoms with Gasteiger partial charge in [-0.05, 0) is 50.5 Å². The van der Waals surface area contributed by atoms with Gasteiger partial charge in [0, 0.05) is 14.7 Å². The molecule has 0 saturated heterocycles. The molecule has 0 fully saturated rings. The fraction of sp³-hybridized carbons (Fsp3) is 0.0667. The maximum atomic E-state index is 13.3. The van der Waals surface area contributed by atoms with Gasteiger partial charge in [0.15, 0.2) is 17.5 Å². The van der Waals surface area contributed by atoms with Gasteiger partial charge in [-0.1, -0.05) is 12.1 Å². The lowest BCUT2D eigenvalue weighted by atomic mass is 10.0. The van der Waals surface area contributed by atoms with E-state index in [0.717, 1.165) is 26.7 Å². The Morgan fingerprint density at radius 2 is 1.76 bits per heavy atom. The van der Waals surface area contributed by atoms with Crippen LogP contribution in [0.2, 0.25) is 0 Å². The highest BCUT2D eigenvalue weighted by Crippen LogP contribution is 2.37. The first-order chi connectivity index (χ1) is 9.99. The van der Waals surface area contributed by atoms with E-state index in [1.807, 2.05) is 12.1 Å². The summed E-state index contributed by atoms with van der Waals surface area (Å²) >= 11 is 4.81. The lowest BCUT2D eigenvalue weighted by Gasteiger charge is -2.11. The molecule has 108 valence electrons. The number of fused-ring (bicyclic) bond motifs is 1. The number of rotatable bonds is 2. The first-order valence-electron chi connectivity index (χ1n) is 5.97. The van der Waals surface area contributed by atoms with Crippen LogP contribution in [0, 0.1) is 17.5 Å². The summed E-state index contributed by atoms with van der Waals surface area (Å²) < 4.78 is 41.4. The van der Waals surface area contributed by atoms with Crippen LogP contribution in [0.25, 0.3) is 10.1 Å². The van der Waals surface area contributed by atoms with Gasteiger partial charge in [-0.2, -0.15) is 0 Å². The highest BCUT2D eigenvalue weighted by molar-refractivity contribution is 9.10. The van der Waals surface area contributed by atoms with Crippen LogP contribution in [0.15, 0.2) is 40.2 Å². The van der Waals surface area contributed by atoms with Crippen LogP contribution < -0.4 is 0 Å². The van der Waals surface area contributed by atoms with Crippen LogP contribution in [-0.2, 0) is 0 Å². The van der Waals surface area contributed by atoms with Gasteiger partial charge in [-0.15, -0.1) is 11.3 Å². The third kappa shape index (κ3) is 2.47. The van der Waals surface area contributed by atoms with Gasteiger partial charge in [0.25, 0.3) is 0 Å². The van der Waals surface area contributed by atoms with Crippen LogP contribution in [0.3, 0.4) is 0 Å². The fourth-order valence-electron chi connectivity index (χ4n) is 2.17. The molecule has 0 bridgehead atoms. The molecule has 1 heterocycles. The van der Waals surface area contributed by atoms with Gasteiger partial charge in [0.2, 0.25) is 0 Å². The normalized spacial score (nSPS) is 12.8. The van der Waals surface area contributed by atoms with Crippen LogP contribution >= 0.6 is 27.3 Å². The molecule has 0 aliphatic heterocycles. The molecular weight excluding hydrogens is 365 g/mol. The number of hydrogen-bond donors (Lipinski definition) is 1. The zero-order chi connectivity index (χ0) is 15.1. The Labute approximate surface area is 130 Å². The van der Waals surface area contributed by atoms with Crippen molar-refractivity contribution in [1.29, 1.82) is 0 Å². The first kappa shape index (κ1) is 14.6. The molecule has 1 nitrogen and oxygen atoms in total. The van der Waals surface area contributed by atoms with Crippen molar-refractivity contribution in [3.63, 3.8) is 0 Å². The molecule has 0 spiro atoms. The van der Waals surface area contributed by atoms with E-state index in [1.54, 1.807) is 11.4 Å². The standard InChI is InChI=1S/C15H8BrF3OS/c16-10-3-1-2-8-9(6-21-15(8)10)14(20)7-4-11(17)13(19)12(18)5-7/h1-6,14,20H. The molecule has 6 heteroatoms. The van der Waals surface area contributed by atoms with E-state index in [9.17, 15) is 18.3 Å². The Hall–Kier alpha value is -1.37. The van der Waals surface area contributed by atoms with Crippen LogP contribution in [-0.4, -0.2) is 5.11 Å². The number of hydrogen-bond acceptors (Lipinski definition) is 2. The Morgan fingerprint density at radius 1 is 1.10 bits per heavy atom. The lowest BCUT2D eigenvalue weighted by Crippen LogP contribution is -2.02. The molecule has 1 unspecified atom stereocenters. The Kier molecular flexibility index (Phi) is 3.77. The quantitative estimate of drug-likeness (QED) is 0.615. The maximum absolute atomic E-state index is 13.3. The SMILES string of the molecule is OC(c1cc(F)c(F)c(F)c1)c1csc2c(Br)cccc12. The topological polar surface area (TPSA) is 20.2 Å². The number of halogens is 4. The van der Waals surface area contributed by atoms with E-state index >= 15 is 0 Å². The van der Waals surface area contributed by atoms with Gasteiger partial charge in [0.1, 0.15) is 6.10 Å². The molecule has 1 N–H and O–H groups in total. The lowest BCUT2D eigenvalue weighted by molar-refractivity contribution is 0.220. The summed E-state index contributed by atoms with van der Waals surface area (Å²) in [4.78, 5) is 0. The van der Waals surface area contributed by atoms with Crippen LogP contribution in [0.5, 0.6) is 0 Å². The average Bonchev–Trinajstić information content (AvgIpc) is 2.89. The minimum Gasteiger partial charge on any atom is -0.384 e. The van der Waals surface area contributed by atoms with Crippen molar-refractivity contribution < 1.29 is 18.3 Å². The Balaban J connectivity index is 2.13. The molecular formula is C15H8BrF3OS. The van der Waals surface area contributed by atoms with Crippen LogP contribution in [0.4, 0.5) is 13.2 Å². The van der Waals surface area contributed by atoms with Gasteiger partial charge in [-0.3, -0.25) is 0 Å². The summed E-state index contributed by atoms with van der Waals surface area (Å²) in [5.41, 5.74) is 0.507. The van der Waals surface area contributed by atoms with E-state index in [0.29, 0.717) is 5.56 Å². The second-order valence-electron chi connectivity index (χ2n) is 4.51. The average molecular weight is 373 g/mol. The largest absolute Gasteiger partial charge is 0.384 e. The Morgan fingerprint density at radius 3 is 2.43 bits per heavy atom. The molecule has 0 amide bonds. The molecule has 0 aliphatic rings. The zero-order valence-electron chi connectivity index (χ0n) is 10.4. The number of aliphatic hydroxyl groups excluding tert-OH is 1. The number of thiophene rings is 1. The predicted molar refractivity (Wildman–Crippen MR) is 79.9 cm³/mol. The monoisotopic (exact) mass is 372 g/mol. The van der Waals surface area contributed by atoms with E-state index < -0.39 is 23.6 Å². The summed E-state index contributed by atoms with van der Waals surface area (Å²) in [6, 6.07) is 7.11. The van der Waals surface area contributed by atoms with Crippen molar-refractivity contribution in [2.24, 2.45) is 0 Å². The fourth-order valence-corrected chi connectivity index (χ4v) is 3.81. The third-order valence-corrected chi connectivity index (χ3v) is 5.17. The Bertz CT molecular complexity index is 808. The first-order valence-corrected chi connectivity index (χ1v) is 7.64. The van der Waals surface area contributed by atoms with Crippen LogP contribution in [0.1, 0.15) is 17.2 Å². The molecule has 21 heavy (non-hydrogen) atoms. The van der Waals surface area contributed by atoms with E-state index in [-0.39, 0.29) is 5.56 Å². The predicted octanol–water partition coefficient (Wildman–Crippen LogP) is 5.16. The molecule has 3 aromatic rings. The molecule has 2 aromatic carbocycles. The summed E-state index contributed by atoms with van der Waals surface area (Å²) in [6.45, 7) is 0. The minimum absolute atomic E-state index is 0.0222. The van der Waals surface area contributed by atoms with E-state index in [4.69, 9.17) is 0 Å². The van der Waals surface area contributed by atoms with Gasteiger partial charge in [-0.25, -0.2) is 13.2 Å². The number of aliphatic hydroxyl groups is 1. The van der Waals surface area contributed by atoms with Gasteiger partial charge in [0.05, 0.1) is 0 Å². The highest BCUT2D eigenvalue weighted by atomic mass is 79.9. The van der Waals surface area contributed by atoms with Crippen molar-refractivity contribution in [3.8, 4) is 0 Å². The number of benzene rings is 2. The smallest absolute Gasteiger partial charge is 0.194 e. The van der Waals surface area contributed by atoms with E-state index in [1.165, 1.54) is 11.3 Å². The third-order valence-electron chi connectivity index (χ3n) is 3.20. The van der Waals surface area contributed by atoms with Gasteiger partial charge >= 0.3 is 0 Å². The van der Waals surface area contributed by atoms with Crippen molar-refractivity contribution in [2.45, 2.75) is 6.10 Å². The molecule has 3 rings (SSSR count). The highest BCUT2D eigenvalue weighted by Gasteiger charge is 2.20. The summed E-state index contributed by atoms with van der Waals surface area (Å²) in [5.74, 6) is -4.17. The van der Waals surface area contributed by atoms with Crippen molar-refractivity contribution >= 4 is 37.4 Å². The summed E-state index contributed by atoms with van der Waals surface area (Å²) in [7, 11) is 0. The molecule has 1 atom stereocenters. The zero-order valence-corrected chi connectivity index (χ0v) is 12.8. The van der Waals surface area contributed by atoms with Gasteiger partial charge < -0.3 is 5.11 Å². The van der Waals surface area contributed by atoms with Crippen molar-refractivity contribution in [1.82, 2.24) is 0 Å². The molecule has 0 saturated carbocycles. The van der Waals surface area contributed by atoms with Crippen molar-refractivity contribution in [2.75, 3.05) is 0 Å². The molecule has 1 aromatic heterocycles. The second-order valence-corrected chi connectivity index (χ2v) is 6.24. The maximum Gasteiger partial charge on any atom is 0.194 e. The van der Waals surface area contributed by atoms with E-state index in [2.05, 4.69) is 15.9 Å². The minimum atomic E-state index is -1.54. The summed E-state index contributed by atoms with van der Waals surface area (Å²) in [6.07, 6.45) is -1.22. The molecule has 0 aliphatic carbocycles. The molecule has 0 radical (unpaired) electrons. The second kappa shape index (κ2) is 5.44. The van der Waals surface area contributed by atoms with Crippen molar-refractivity contribution in [3.05, 3.63) is 68.8 Å².